The van der Waals surface area contributed by atoms with Crippen molar-refractivity contribution in [2.75, 3.05) is 6.54 Å². The maximum atomic E-state index is 14.4. The lowest BCUT2D eigenvalue weighted by atomic mass is 9.81. The largest absolute Gasteiger partial charge is 0.445 e. The number of halogens is 5. The average molecular weight is 580 g/mol. The summed E-state index contributed by atoms with van der Waals surface area (Å²) in [6.45, 7) is -0.446. The number of hydrogen-bond donors (Lipinski definition) is 2. The second-order valence-electron chi connectivity index (χ2n) is 10.8. The molecule has 1 saturated heterocycles. The zero-order valence-electron chi connectivity index (χ0n) is 22.0. The summed E-state index contributed by atoms with van der Waals surface area (Å²) >= 11 is 0. The number of alkyl halides is 5. The van der Waals surface area contributed by atoms with Gasteiger partial charge in [-0.25, -0.2) is 23.1 Å². The lowest BCUT2D eigenvalue weighted by molar-refractivity contribution is -0.183. The van der Waals surface area contributed by atoms with Crippen LogP contribution in [0.3, 0.4) is 0 Å². The summed E-state index contributed by atoms with van der Waals surface area (Å²) in [5.41, 5.74) is 1.81. The van der Waals surface area contributed by atoms with Gasteiger partial charge >= 0.3 is 12.3 Å². The van der Waals surface area contributed by atoms with Crippen LogP contribution in [-0.2, 0) is 22.6 Å². The van der Waals surface area contributed by atoms with Crippen molar-refractivity contribution in [2.45, 2.75) is 63.3 Å². The lowest BCUT2D eigenvalue weighted by Gasteiger charge is -2.33. The molecule has 1 saturated carbocycles. The van der Waals surface area contributed by atoms with Crippen LogP contribution in [0.1, 0.15) is 55.1 Å². The Labute approximate surface area is 232 Å². The van der Waals surface area contributed by atoms with Crippen LogP contribution in [0.4, 0.5) is 26.7 Å². The van der Waals surface area contributed by atoms with E-state index in [0.717, 1.165) is 5.56 Å². The van der Waals surface area contributed by atoms with Gasteiger partial charge in [0.1, 0.15) is 6.61 Å². The fraction of sp³-hybridized carbons (Fsp3) is 0.500. The fourth-order valence-corrected chi connectivity index (χ4v) is 5.60. The Kier molecular flexibility index (Phi) is 8.14. The van der Waals surface area contributed by atoms with Crippen molar-refractivity contribution in [3.05, 3.63) is 65.6 Å². The van der Waals surface area contributed by atoms with E-state index in [2.05, 4.69) is 20.7 Å². The van der Waals surface area contributed by atoms with E-state index in [4.69, 9.17) is 4.74 Å². The summed E-state index contributed by atoms with van der Waals surface area (Å²) in [7, 11) is 0. The zero-order chi connectivity index (χ0) is 29.2. The van der Waals surface area contributed by atoms with Gasteiger partial charge < -0.3 is 15.4 Å². The molecule has 0 bridgehead atoms. The summed E-state index contributed by atoms with van der Waals surface area (Å²) in [5.74, 6) is -6.48. The van der Waals surface area contributed by atoms with Crippen molar-refractivity contribution >= 4 is 17.6 Å². The minimum Gasteiger partial charge on any atom is -0.445 e. The SMILES string of the molecule is O=C(N[C@H](c1cn2nc(CC3C[C@@H](C(F)(F)F)CNC3=O)ccc2n1)[C@@H]1CCCC(F)(F)C1)OCc1ccccc1. The number of carbonyl (C=O) groups is 2. The molecule has 41 heavy (non-hydrogen) atoms. The molecule has 3 heterocycles. The Balaban J connectivity index is 1.35. The topological polar surface area (TPSA) is 97.6 Å². The molecule has 1 unspecified atom stereocenters. The molecule has 3 aromatic rings. The molecule has 2 amide bonds. The van der Waals surface area contributed by atoms with Crippen LogP contribution in [0.5, 0.6) is 0 Å². The Morgan fingerprint density at radius 2 is 1.98 bits per heavy atom. The number of imidazole rings is 1. The number of hydrogen-bond acceptors (Lipinski definition) is 5. The van der Waals surface area contributed by atoms with Crippen molar-refractivity contribution in [1.82, 2.24) is 25.2 Å². The van der Waals surface area contributed by atoms with Crippen LogP contribution in [0.2, 0.25) is 0 Å². The van der Waals surface area contributed by atoms with Crippen molar-refractivity contribution in [3.63, 3.8) is 0 Å². The van der Waals surface area contributed by atoms with Gasteiger partial charge in [0, 0.05) is 31.7 Å². The molecule has 2 aliphatic rings. The van der Waals surface area contributed by atoms with Crippen molar-refractivity contribution < 1.29 is 36.3 Å². The van der Waals surface area contributed by atoms with Crippen LogP contribution in [-0.4, -0.2) is 45.2 Å². The molecule has 13 heteroatoms. The lowest BCUT2D eigenvalue weighted by Crippen LogP contribution is -2.47. The number of carbonyl (C=O) groups excluding carboxylic acids is 2. The maximum Gasteiger partial charge on any atom is 0.408 e. The third-order valence-electron chi connectivity index (χ3n) is 7.73. The Morgan fingerprint density at radius 3 is 2.71 bits per heavy atom. The zero-order valence-corrected chi connectivity index (χ0v) is 22.0. The number of rotatable bonds is 7. The van der Waals surface area contributed by atoms with Crippen LogP contribution in [0.25, 0.3) is 5.65 Å². The van der Waals surface area contributed by atoms with Gasteiger partial charge in [-0.2, -0.15) is 18.3 Å². The van der Waals surface area contributed by atoms with Gasteiger partial charge in [0.15, 0.2) is 5.65 Å². The van der Waals surface area contributed by atoms with Crippen molar-refractivity contribution in [3.8, 4) is 0 Å². The van der Waals surface area contributed by atoms with Crippen LogP contribution in [0.15, 0.2) is 48.7 Å². The van der Waals surface area contributed by atoms with E-state index in [0.29, 0.717) is 23.5 Å². The van der Waals surface area contributed by atoms with E-state index >= 15 is 0 Å². The molecule has 0 spiro atoms. The first kappa shape index (κ1) is 28.7. The van der Waals surface area contributed by atoms with Gasteiger partial charge in [-0.15, -0.1) is 0 Å². The smallest absolute Gasteiger partial charge is 0.408 e. The van der Waals surface area contributed by atoms with E-state index < -0.39 is 60.9 Å². The number of benzene rings is 1. The molecule has 0 radical (unpaired) electrons. The number of fused-ring (bicyclic) bond motifs is 1. The molecule has 1 aliphatic carbocycles. The molecule has 2 aromatic heterocycles. The van der Waals surface area contributed by atoms with Gasteiger partial charge in [0.2, 0.25) is 11.8 Å². The number of aromatic nitrogens is 3. The van der Waals surface area contributed by atoms with Gasteiger partial charge in [0.05, 0.1) is 29.5 Å². The fourth-order valence-electron chi connectivity index (χ4n) is 5.60. The summed E-state index contributed by atoms with van der Waals surface area (Å²) in [4.78, 5) is 29.5. The van der Waals surface area contributed by atoms with Crippen LogP contribution < -0.4 is 10.6 Å². The normalized spacial score (nSPS) is 23.5. The number of piperidine rings is 1. The van der Waals surface area contributed by atoms with E-state index in [-0.39, 0.29) is 32.3 Å². The quantitative estimate of drug-likeness (QED) is 0.367. The monoisotopic (exact) mass is 579 g/mol. The standard InChI is InChI=1S/C28H30F5N5O3/c29-27(30)10-4-7-18(13-27)24(36-26(40)41-16-17-5-2-1-3-6-17)22-15-38-23(35-22)9-8-21(37-38)12-19-11-20(28(31,32)33)14-34-25(19)39/h1-3,5-6,8-9,15,18-20,24H,4,7,10-14,16H2,(H,34,39)(H,36,40)/t18-,19?,20-,24+/m1/s1. The minimum atomic E-state index is -4.41. The van der Waals surface area contributed by atoms with E-state index in [1.807, 2.05) is 6.07 Å². The third kappa shape index (κ3) is 7.12. The number of alkyl carbamates (subject to hydrolysis) is 1. The summed E-state index contributed by atoms with van der Waals surface area (Å²) in [5, 5.41) is 9.47. The predicted octanol–water partition coefficient (Wildman–Crippen LogP) is 5.38. The molecular weight excluding hydrogens is 549 g/mol. The van der Waals surface area contributed by atoms with Crippen molar-refractivity contribution in [2.24, 2.45) is 17.8 Å². The van der Waals surface area contributed by atoms with E-state index in [1.165, 1.54) is 10.7 Å². The highest BCUT2D eigenvalue weighted by atomic mass is 19.4. The van der Waals surface area contributed by atoms with Gasteiger partial charge in [0.25, 0.3) is 0 Å². The molecular formula is C28H30F5N5O3. The van der Waals surface area contributed by atoms with Gasteiger partial charge in [-0.05, 0) is 42.9 Å². The number of nitrogens with one attached hydrogen (secondary N) is 2. The molecule has 4 atom stereocenters. The molecule has 1 aliphatic heterocycles. The Morgan fingerprint density at radius 1 is 1.20 bits per heavy atom. The predicted molar refractivity (Wildman–Crippen MR) is 137 cm³/mol. The molecule has 5 rings (SSSR count). The minimum absolute atomic E-state index is 0.000239. The molecule has 2 fully saturated rings. The highest BCUT2D eigenvalue weighted by molar-refractivity contribution is 5.79. The highest BCUT2D eigenvalue weighted by Crippen LogP contribution is 2.42. The highest BCUT2D eigenvalue weighted by Gasteiger charge is 2.45. The first-order valence-electron chi connectivity index (χ1n) is 13.5. The molecule has 2 N–H and O–H groups in total. The van der Waals surface area contributed by atoms with Gasteiger partial charge in [-0.3, -0.25) is 4.79 Å². The van der Waals surface area contributed by atoms with E-state index in [9.17, 15) is 31.5 Å². The van der Waals surface area contributed by atoms with Gasteiger partial charge in [-0.1, -0.05) is 30.3 Å². The average Bonchev–Trinajstić information content (AvgIpc) is 3.34. The maximum absolute atomic E-state index is 14.4. The molecule has 1 aromatic carbocycles. The van der Waals surface area contributed by atoms with Crippen LogP contribution in [0, 0.1) is 17.8 Å². The summed E-state index contributed by atoms with van der Waals surface area (Å²) < 4.78 is 75.1. The first-order valence-corrected chi connectivity index (χ1v) is 13.5. The van der Waals surface area contributed by atoms with Crippen molar-refractivity contribution in [1.29, 1.82) is 0 Å². The van der Waals surface area contributed by atoms with E-state index in [1.54, 1.807) is 36.4 Å². The second kappa shape index (κ2) is 11.6. The summed E-state index contributed by atoms with van der Waals surface area (Å²) in [6, 6.07) is 11.3. The second-order valence-corrected chi connectivity index (χ2v) is 10.8. The van der Waals surface area contributed by atoms with Crippen LogP contribution >= 0.6 is 0 Å². The third-order valence-corrected chi connectivity index (χ3v) is 7.73. The number of ether oxygens (including phenoxy) is 1. The molecule has 220 valence electrons. The number of amides is 2. The number of nitrogens with zero attached hydrogens (tertiary/aromatic N) is 3. The Hall–Kier alpha value is -3.77. The first-order chi connectivity index (χ1) is 19.5. The molecule has 8 nitrogen and oxygen atoms in total. The Bertz CT molecular complexity index is 1380. The summed E-state index contributed by atoms with van der Waals surface area (Å²) in [6.07, 6.45) is -3.96.